The fourth-order valence-electron chi connectivity index (χ4n) is 8.11. The van der Waals surface area contributed by atoms with Gasteiger partial charge in [-0.3, -0.25) is 9.69 Å². The van der Waals surface area contributed by atoms with E-state index in [1.165, 1.54) is 22.1 Å². The van der Waals surface area contributed by atoms with Crippen LogP contribution in [0.2, 0.25) is 0 Å². The molecule has 2 aliphatic heterocycles. The third kappa shape index (κ3) is 4.29. The van der Waals surface area contributed by atoms with E-state index in [9.17, 15) is 10.1 Å². The molecule has 2 aromatic carbocycles. The Kier molecular flexibility index (Phi) is 6.17. The maximum absolute atomic E-state index is 13.0. The van der Waals surface area contributed by atoms with Crippen LogP contribution in [0.5, 0.6) is 5.75 Å². The van der Waals surface area contributed by atoms with E-state index >= 15 is 0 Å². The van der Waals surface area contributed by atoms with Gasteiger partial charge in [0.05, 0.1) is 13.2 Å². The number of aryl methyl sites for hydroxylation is 1. The first-order valence-electron chi connectivity index (χ1n) is 14.8. The van der Waals surface area contributed by atoms with Crippen molar-refractivity contribution in [2.24, 2.45) is 16.7 Å². The zero-order chi connectivity index (χ0) is 27.5. The molecule has 7 heteroatoms. The van der Waals surface area contributed by atoms with Gasteiger partial charge < -0.3 is 20.4 Å². The summed E-state index contributed by atoms with van der Waals surface area (Å²) < 4.78 is 5.87. The number of hydrogen-bond donors (Lipinski definition) is 3. The second kappa shape index (κ2) is 9.64. The molecule has 4 aliphatic rings. The number of fused-ring (bicyclic) bond motifs is 1. The Hall–Kier alpha value is -3.34. The quantitative estimate of drug-likeness (QED) is 0.401. The third-order valence-electron chi connectivity index (χ3n) is 10.5. The van der Waals surface area contributed by atoms with Crippen LogP contribution in [0.25, 0.3) is 10.9 Å². The number of hydrogen-bond acceptors (Lipinski definition) is 5. The molecule has 1 unspecified atom stereocenters. The first kappa shape index (κ1) is 25.6. The van der Waals surface area contributed by atoms with Crippen molar-refractivity contribution in [1.82, 2.24) is 20.5 Å². The highest BCUT2D eigenvalue weighted by molar-refractivity contribution is 5.94. The van der Waals surface area contributed by atoms with Crippen molar-refractivity contribution in [3.63, 3.8) is 0 Å². The lowest BCUT2D eigenvalue weighted by atomic mass is 9.56. The summed E-state index contributed by atoms with van der Waals surface area (Å²) in [5.74, 6) is 1.15. The highest BCUT2D eigenvalue weighted by atomic mass is 16.5. The van der Waals surface area contributed by atoms with E-state index < -0.39 is 0 Å². The highest BCUT2D eigenvalue weighted by Crippen LogP contribution is 2.57. The summed E-state index contributed by atoms with van der Waals surface area (Å²) in [5, 5.41) is 17.3. The molecule has 7 nitrogen and oxygen atoms in total. The first-order valence-corrected chi connectivity index (χ1v) is 14.8. The van der Waals surface area contributed by atoms with Crippen LogP contribution in [-0.4, -0.2) is 48.6 Å². The number of ether oxygens (including phenoxy) is 1. The van der Waals surface area contributed by atoms with Gasteiger partial charge in [0.15, 0.2) is 0 Å². The number of H-pyrrole nitrogens is 1. The van der Waals surface area contributed by atoms with Crippen LogP contribution < -0.4 is 15.4 Å². The lowest BCUT2D eigenvalue weighted by molar-refractivity contribution is -0.0298. The number of methoxy groups -OCH3 is 1. The smallest absolute Gasteiger partial charge is 0.251 e. The average molecular weight is 538 g/mol. The Bertz CT molecular complexity index is 1470. The van der Waals surface area contributed by atoms with E-state index in [1.54, 1.807) is 7.11 Å². The van der Waals surface area contributed by atoms with Crippen molar-refractivity contribution in [2.75, 3.05) is 26.7 Å². The zero-order valence-corrected chi connectivity index (χ0v) is 23.6. The van der Waals surface area contributed by atoms with Crippen LogP contribution in [0.15, 0.2) is 42.6 Å². The van der Waals surface area contributed by atoms with Gasteiger partial charge in [-0.15, -0.1) is 0 Å². The Morgan fingerprint density at radius 2 is 1.90 bits per heavy atom. The van der Waals surface area contributed by atoms with Crippen LogP contribution in [0.3, 0.4) is 0 Å². The van der Waals surface area contributed by atoms with E-state index in [2.05, 4.69) is 57.8 Å². The molecule has 1 aromatic heterocycles. The predicted molar refractivity (Wildman–Crippen MR) is 155 cm³/mol. The number of piperidine rings is 1. The lowest BCUT2D eigenvalue weighted by Gasteiger charge is -2.54. The summed E-state index contributed by atoms with van der Waals surface area (Å²) in [7, 11) is 1.76. The number of benzene rings is 2. The highest BCUT2D eigenvalue weighted by Gasteiger charge is 2.50. The Morgan fingerprint density at radius 3 is 2.58 bits per heavy atom. The monoisotopic (exact) mass is 537 g/mol. The van der Waals surface area contributed by atoms with E-state index in [-0.39, 0.29) is 23.3 Å². The third-order valence-corrected chi connectivity index (χ3v) is 10.5. The number of aromatic nitrogens is 1. The molecule has 3 aromatic rings. The molecule has 7 rings (SSSR count). The number of nitriles is 1. The van der Waals surface area contributed by atoms with Gasteiger partial charge in [-0.2, -0.15) is 5.26 Å². The van der Waals surface area contributed by atoms with Crippen LogP contribution in [0, 0.1) is 35.0 Å². The molecule has 1 atom stereocenters. The van der Waals surface area contributed by atoms with Crippen molar-refractivity contribution in [1.29, 1.82) is 5.26 Å². The van der Waals surface area contributed by atoms with Crippen LogP contribution in [0.1, 0.15) is 71.6 Å². The fraction of sp³-hybridized carbons (Fsp3) is 0.515. The minimum absolute atomic E-state index is 0.0331. The minimum Gasteiger partial charge on any atom is -0.496 e. The van der Waals surface area contributed by atoms with Crippen LogP contribution >= 0.6 is 0 Å². The van der Waals surface area contributed by atoms with Crippen molar-refractivity contribution in [3.05, 3.63) is 64.8 Å². The summed E-state index contributed by atoms with van der Waals surface area (Å²) in [5.41, 5.74) is 6.23. The number of likely N-dealkylation sites (tertiary alicyclic amines) is 1. The average Bonchev–Trinajstić information content (AvgIpc) is 3.40. The number of rotatable bonds is 6. The summed E-state index contributed by atoms with van der Waals surface area (Å²) in [6, 6.07) is 15.6. The molecule has 208 valence electrons. The molecule has 2 spiro atoms. The molecule has 4 fully saturated rings. The molecular formula is C33H39N5O2. The maximum atomic E-state index is 13.0. The SMILES string of the molecule is COc1cc(C)c2[nH]ccc2c1CN1CCC2(CC(C#N)C2)CC1c1ccc(C(=O)NC2CC3(CNC3)C2)cc1. The Morgan fingerprint density at radius 1 is 1.12 bits per heavy atom. The van der Waals surface area contributed by atoms with Gasteiger partial charge in [0.1, 0.15) is 5.75 Å². The van der Waals surface area contributed by atoms with E-state index in [0.717, 1.165) is 81.5 Å². The van der Waals surface area contributed by atoms with Gasteiger partial charge in [0, 0.05) is 65.9 Å². The topological polar surface area (TPSA) is 93.2 Å². The van der Waals surface area contributed by atoms with E-state index in [0.29, 0.717) is 11.5 Å². The molecule has 1 amide bonds. The van der Waals surface area contributed by atoms with Crippen LogP contribution in [-0.2, 0) is 6.54 Å². The zero-order valence-electron chi connectivity index (χ0n) is 23.6. The number of carbonyl (C=O) groups is 1. The first-order chi connectivity index (χ1) is 19.4. The molecule has 2 saturated heterocycles. The standard InChI is InChI=1S/C33H39N5O2/c1-21-11-29(40-2)27(26-7-9-36-30(21)26)18-38-10-8-32(12-22(13-32)17-34)16-28(38)23-3-5-24(6-4-23)31(39)37-25-14-33(15-25)19-35-20-33/h3-7,9,11,22,25,28,35-36H,8,10,12-16,18-20H2,1-2H3,(H,37,39). The van der Waals surface area contributed by atoms with Gasteiger partial charge in [-0.25, -0.2) is 0 Å². The molecule has 0 bridgehead atoms. The van der Waals surface area contributed by atoms with E-state index in [4.69, 9.17) is 4.74 Å². The Labute approximate surface area is 236 Å². The summed E-state index contributed by atoms with van der Waals surface area (Å²) >= 11 is 0. The number of nitrogens with zero attached hydrogens (tertiary/aromatic N) is 2. The van der Waals surface area contributed by atoms with Gasteiger partial charge in [-0.05, 0) is 98.2 Å². The number of nitrogens with one attached hydrogen (secondary N) is 3. The van der Waals surface area contributed by atoms with Gasteiger partial charge >= 0.3 is 0 Å². The number of carbonyl (C=O) groups excluding carboxylic acids is 1. The molecule has 3 heterocycles. The summed E-state index contributed by atoms with van der Waals surface area (Å²) in [6.45, 7) is 6.07. The van der Waals surface area contributed by atoms with Crippen molar-refractivity contribution in [2.45, 2.75) is 64.1 Å². The minimum atomic E-state index is 0.0331. The molecular weight excluding hydrogens is 498 g/mol. The predicted octanol–water partition coefficient (Wildman–Crippen LogP) is 5.22. The fourth-order valence-corrected chi connectivity index (χ4v) is 8.11. The maximum Gasteiger partial charge on any atom is 0.251 e. The van der Waals surface area contributed by atoms with Crippen molar-refractivity contribution < 1.29 is 9.53 Å². The van der Waals surface area contributed by atoms with Gasteiger partial charge in [-0.1, -0.05) is 12.1 Å². The van der Waals surface area contributed by atoms with Gasteiger partial charge in [0.2, 0.25) is 0 Å². The summed E-state index contributed by atoms with van der Waals surface area (Å²) in [6.07, 6.45) is 8.35. The van der Waals surface area contributed by atoms with Crippen molar-refractivity contribution >= 4 is 16.8 Å². The van der Waals surface area contributed by atoms with Gasteiger partial charge in [0.25, 0.3) is 5.91 Å². The van der Waals surface area contributed by atoms with Crippen LogP contribution in [0.4, 0.5) is 0 Å². The molecule has 2 saturated carbocycles. The molecule has 40 heavy (non-hydrogen) atoms. The Balaban J connectivity index is 1.13. The molecule has 0 radical (unpaired) electrons. The number of aromatic amines is 1. The molecule has 2 aliphatic carbocycles. The normalized spacial score (nSPS) is 23.8. The lowest BCUT2D eigenvalue weighted by Crippen LogP contribution is -2.65. The van der Waals surface area contributed by atoms with Crippen molar-refractivity contribution in [3.8, 4) is 11.8 Å². The largest absolute Gasteiger partial charge is 0.496 e. The number of amides is 1. The summed E-state index contributed by atoms with van der Waals surface area (Å²) in [4.78, 5) is 19.0. The second-order valence-electron chi connectivity index (χ2n) is 13.1. The van der Waals surface area contributed by atoms with E-state index in [1.807, 2.05) is 18.3 Å². The second-order valence-corrected chi connectivity index (χ2v) is 13.1. The molecule has 3 N–H and O–H groups in total.